The first-order valence-electron chi connectivity index (χ1n) is 20.1. The van der Waals surface area contributed by atoms with Crippen molar-refractivity contribution in [2.24, 2.45) is 17.8 Å². The molecule has 7 atom stereocenters. The average Bonchev–Trinajstić information content (AvgIpc) is 3.28. The summed E-state index contributed by atoms with van der Waals surface area (Å²) in [5.41, 5.74) is 2.93. The first-order chi connectivity index (χ1) is 25.9. The topological polar surface area (TPSA) is 94.7 Å². The minimum Gasteiger partial charge on any atom is -0.490 e. The molecule has 294 valence electrons. The van der Waals surface area contributed by atoms with Crippen LogP contribution in [0.2, 0.25) is 5.02 Å². The number of sulfonamides is 1. The molecule has 4 aliphatic heterocycles. The average molecular weight is 780 g/mol. The van der Waals surface area contributed by atoms with E-state index in [0.29, 0.717) is 30.6 Å². The van der Waals surface area contributed by atoms with Crippen LogP contribution in [0, 0.1) is 17.8 Å². The van der Waals surface area contributed by atoms with Gasteiger partial charge in [-0.15, -0.1) is 0 Å². The molecule has 6 aliphatic rings. The van der Waals surface area contributed by atoms with Crippen LogP contribution in [0.1, 0.15) is 67.4 Å². The fourth-order valence-corrected chi connectivity index (χ4v) is 12.0. The van der Waals surface area contributed by atoms with E-state index in [9.17, 15) is 13.2 Å². The number of allylic oxidation sites excluding steroid dienone is 1. The Balaban J connectivity index is 1.18. The van der Waals surface area contributed by atoms with Crippen molar-refractivity contribution in [3.63, 3.8) is 0 Å². The number of amides is 1. The molecule has 3 fully saturated rings. The number of ether oxygens (including phenoxy) is 2. The summed E-state index contributed by atoms with van der Waals surface area (Å²) in [4.78, 5) is 23.9. The molecule has 2 saturated heterocycles. The van der Waals surface area contributed by atoms with Crippen LogP contribution in [0.5, 0.6) is 5.75 Å². The monoisotopic (exact) mass is 779 g/mol. The molecule has 8 rings (SSSR count). The molecule has 0 unspecified atom stereocenters. The molecule has 1 N–H and O–H groups in total. The van der Waals surface area contributed by atoms with Crippen molar-refractivity contribution in [3.05, 3.63) is 70.3 Å². The Hall–Kier alpha value is -2.67. The summed E-state index contributed by atoms with van der Waals surface area (Å²) in [7, 11) is 0.142. The number of rotatable bonds is 3. The zero-order valence-electron chi connectivity index (χ0n) is 32.4. The van der Waals surface area contributed by atoms with Gasteiger partial charge >= 0.3 is 0 Å². The van der Waals surface area contributed by atoms with E-state index in [1.165, 1.54) is 11.1 Å². The van der Waals surface area contributed by atoms with Crippen LogP contribution in [-0.4, -0.2) is 126 Å². The third-order valence-electron chi connectivity index (χ3n) is 14.1. The number of hydrogen-bond donors (Lipinski definition) is 1. The van der Waals surface area contributed by atoms with Crippen LogP contribution in [0.25, 0.3) is 0 Å². The highest BCUT2D eigenvalue weighted by atomic mass is 35.5. The molecule has 2 aromatic carbocycles. The number of carbonyl (C=O) groups excluding carboxylic acids is 1. The van der Waals surface area contributed by atoms with Gasteiger partial charge in [-0.2, -0.15) is 0 Å². The first-order valence-corrected chi connectivity index (χ1v) is 22.1. The Bertz CT molecular complexity index is 1880. The molecule has 1 saturated carbocycles. The second kappa shape index (κ2) is 15.0. The van der Waals surface area contributed by atoms with Gasteiger partial charge in [0.05, 0.1) is 17.5 Å². The Morgan fingerprint density at radius 3 is 2.67 bits per heavy atom. The second-order valence-corrected chi connectivity index (χ2v) is 19.8. The van der Waals surface area contributed by atoms with E-state index >= 15 is 0 Å². The summed E-state index contributed by atoms with van der Waals surface area (Å²) in [6.07, 6.45) is 10.2. The highest BCUT2D eigenvalue weighted by Crippen LogP contribution is 2.49. The lowest BCUT2D eigenvalue weighted by Crippen LogP contribution is -2.64. The molecular weight excluding hydrogens is 722 g/mol. The Morgan fingerprint density at radius 2 is 1.87 bits per heavy atom. The molecule has 10 nitrogen and oxygen atoms in total. The highest BCUT2D eigenvalue weighted by molar-refractivity contribution is 7.90. The maximum atomic E-state index is 13.7. The molecule has 2 bridgehead atoms. The lowest BCUT2D eigenvalue weighted by molar-refractivity contribution is -0.101. The number of piperazine rings is 2. The summed E-state index contributed by atoms with van der Waals surface area (Å²) in [6, 6.07) is 12.2. The number of nitrogens with one attached hydrogen (secondary N) is 1. The number of fused-ring (bicyclic) bond motifs is 5. The number of aryl methyl sites for hydroxylation is 1. The summed E-state index contributed by atoms with van der Waals surface area (Å²) < 4.78 is 43.2. The van der Waals surface area contributed by atoms with E-state index in [1.807, 2.05) is 32.2 Å². The van der Waals surface area contributed by atoms with E-state index in [-0.39, 0.29) is 17.3 Å². The molecule has 2 aliphatic carbocycles. The molecule has 1 amide bonds. The quantitative estimate of drug-likeness (QED) is 0.423. The summed E-state index contributed by atoms with van der Waals surface area (Å²) in [5.74, 6) is 0.505. The highest BCUT2D eigenvalue weighted by Gasteiger charge is 2.50. The minimum absolute atomic E-state index is 0.215. The minimum atomic E-state index is -3.96. The van der Waals surface area contributed by atoms with Gasteiger partial charge in [0, 0.05) is 88.1 Å². The molecule has 0 aromatic heterocycles. The van der Waals surface area contributed by atoms with Crippen molar-refractivity contribution in [1.29, 1.82) is 0 Å². The fraction of sp³-hybridized carbons (Fsp3) is 0.643. The lowest BCUT2D eigenvalue weighted by atomic mass is 9.63. The van der Waals surface area contributed by atoms with Gasteiger partial charge in [0.1, 0.15) is 11.4 Å². The number of nitrogens with zero attached hydrogens (tertiary/aromatic N) is 4. The Labute approximate surface area is 327 Å². The van der Waals surface area contributed by atoms with E-state index < -0.39 is 26.8 Å². The molecule has 54 heavy (non-hydrogen) atoms. The van der Waals surface area contributed by atoms with Crippen molar-refractivity contribution in [3.8, 4) is 5.75 Å². The van der Waals surface area contributed by atoms with Crippen LogP contribution in [0.4, 0.5) is 5.69 Å². The van der Waals surface area contributed by atoms with Gasteiger partial charge in [-0.05, 0) is 112 Å². The van der Waals surface area contributed by atoms with E-state index in [0.717, 1.165) is 107 Å². The van der Waals surface area contributed by atoms with Crippen molar-refractivity contribution in [2.75, 3.05) is 84.6 Å². The molecule has 1 spiro atoms. The van der Waals surface area contributed by atoms with E-state index in [4.69, 9.17) is 21.1 Å². The predicted molar refractivity (Wildman–Crippen MR) is 214 cm³/mol. The van der Waals surface area contributed by atoms with Crippen molar-refractivity contribution in [2.45, 2.75) is 74.7 Å². The summed E-state index contributed by atoms with van der Waals surface area (Å²) >= 11 is 6.52. The third-order valence-corrected chi connectivity index (χ3v) is 16.2. The molecular formula is C42H58ClN5O5S. The van der Waals surface area contributed by atoms with Crippen LogP contribution in [0.3, 0.4) is 0 Å². The summed E-state index contributed by atoms with van der Waals surface area (Å²) in [6.45, 7) is 12.9. The van der Waals surface area contributed by atoms with Crippen molar-refractivity contribution >= 4 is 33.2 Å². The number of likely N-dealkylation sites (N-methyl/N-ethyl adjacent to an activating group) is 1. The number of methoxy groups -OCH3 is 1. The van der Waals surface area contributed by atoms with Crippen molar-refractivity contribution < 1.29 is 22.7 Å². The molecule has 2 aromatic rings. The second-order valence-electron chi connectivity index (χ2n) is 17.4. The van der Waals surface area contributed by atoms with E-state index in [2.05, 4.69) is 55.7 Å². The van der Waals surface area contributed by atoms with E-state index in [1.54, 1.807) is 13.0 Å². The van der Waals surface area contributed by atoms with Gasteiger partial charge in [-0.25, -0.2) is 13.1 Å². The van der Waals surface area contributed by atoms with Crippen LogP contribution in [-0.2, 0) is 26.6 Å². The van der Waals surface area contributed by atoms with Gasteiger partial charge in [-0.3, -0.25) is 14.6 Å². The Kier molecular flexibility index (Phi) is 10.6. The Morgan fingerprint density at radius 1 is 1.04 bits per heavy atom. The number of hydrogen-bond acceptors (Lipinski definition) is 9. The maximum Gasteiger partial charge on any atom is 0.264 e. The fourth-order valence-electron chi connectivity index (χ4n) is 10.5. The number of anilines is 1. The summed E-state index contributed by atoms with van der Waals surface area (Å²) in [5, 5.41) is -0.0229. The smallest absolute Gasteiger partial charge is 0.264 e. The largest absolute Gasteiger partial charge is 0.490 e. The SMILES string of the molecule is CO[C@@]1(CN2CCN3CCN(C)C[C@H]3C2)/C=C/C[C@H](C)[C@@H](C)S(=O)(=O)NC(=O)c2ccc3c(c2)N(C[C@@H]2CC[C@H]21)C[C@@]1(CCCc2cc(Cl)ccc21)CO3. The number of halogens is 1. The molecule has 4 heterocycles. The zero-order valence-corrected chi connectivity index (χ0v) is 34.0. The lowest BCUT2D eigenvalue weighted by Gasteiger charge is -2.53. The molecule has 12 heteroatoms. The standard InChI is InChI=1S/C42H58ClN5O5S/c1-29-7-5-16-42(52-4,27-46-18-20-47-19-17-45(3)24-35(47)25-46)37-12-9-33(37)23-48-26-41(15-6-8-31-21-34(43)11-13-36(31)41)28-53-39-14-10-32(22-38(39)48)40(49)44-54(50,51)30(29)2/h5,10-11,13-14,16,21-22,29-30,33,35,37H,6-9,12,15,17-20,23-28H2,1-4H3,(H,44,49)/b16-5+/t29-,30+,33-,35-,37+,41-,42+/m0/s1. The van der Waals surface area contributed by atoms with Crippen LogP contribution < -0.4 is 14.4 Å². The van der Waals surface area contributed by atoms with Crippen LogP contribution in [0.15, 0.2) is 48.6 Å². The predicted octanol–water partition coefficient (Wildman–Crippen LogP) is 5.20. The van der Waals surface area contributed by atoms with Gasteiger partial charge in [0.25, 0.3) is 5.91 Å². The molecule has 0 radical (unpaired) electrons. The van der Waals surface area contributed by atoms with Gasteiger partial charge < -0.3 is 19.3 Å². The van der Waals surface area contributed by atoms with Gasteiger partial charge in [-0.1, -0.05) is 36.7 Å². The van der Waals surface area contributed by atoms with Crippen LogP contribution >= 0.6 is 11.6 Å². The van der Waals surface area contributed by atoms with Crippen molar-refractivity contribution in [1.82, 2.24) is 19.4 Å². The maximum absolute atomic E-state index is 13.7. The first kappa shape index (κ1) is 38.2. The zero-order chi connectivity index (χ0) is 37.8. The van der Waals surface area contributed by atoms with Gasteiger partial charge in [0.15, 0.2) is 0 Å². The number of benzene rings is 2. The van der Waals surface area contributed by atoms with Gasteiger partial charge in [0.2, 0.25) is 10.0 Å². The normalized spacial score (nSPS) is 35.4. The number of carbonyl (C=O) groups is 1. The third kappa shape index (κ3) is 7.22.